The zero-order valence-electron chi connectivity index (χ0n) is 12.7. The third kappa shape index (κ3) is 4.41. The molecule has 0 aliphatic carbocycles. The highest BCUT2D eigenvalue weighted by molar-refractivity contribution is 5.43. The summed E-state index contributed by atoms with van der Waals surface area (Å²) >= 11 is 0. The molecule has 1 heterocycles. The molecule has 6 nitrogen and oxygen atoms in total. The molecule has 0 amide bonds. The smallest absolute Gasteiger partial charge is 0.270 e. The summed E-state index contributed by atoms with van der Waals surface area (Å²) in [6.07, 6.45) is 1.21. The molecule has 116 valence electrons. The Kier molecular flexibility index (Phi) is 5.52. The van der Waals surface area contributed by atoms with E-state index in [1.165, 1.54) is 12.5 Å². The van der Waals surface area contributed by atoms with Crippen LogP contribution < -0.4 is 10.1 Å². The number of nitrogens with one attached hydrogen (secondary N) is 1. The number of benzene rings is 1. The lowest BCUT2D eigenvalue weighted by molar-refractivity contribution is -0.384. The lowest BCUT2D eigenvalue weighted by Gasteiger charge is -2.14. The normalized spacial score (nSPS) is 18.9. The van der Waals surface area contributed by atoms with Gasteiger partial charge in [-0.1, -0.05) is 0 Å². The van der Waals surface area contributed by atoms with Gasteiger partial charge in [0.05, 0.1) is 11.5 Å². The van der Waals surface area contributed by atoms with Gasteiger partial charge in [-0.25, -0.2) is 0 Å². The first-order valence-corrected chi connectivity index (χ1v) is 7.39. The molecule has 1 saturated heterocycles. The third-order valence-electron chi connectivity index (χ3n) is 3.79. The van der Waals surface area contributed by atoms with Crippen LogP contribution in [0.5, 0.6) is 5.75 Å². The standard InChI is InChI=1S/C15H23N3O3/c1-3-21-15-5-4-14(18(19)20)8-13(15)10-16-9-12-6-7-17(2)11-12/h4-5,8,12,16H,3,6-7,9-11H2,1-2H3/t12-/m1/s1. The van der Waals surface area contributed by atoms with Gasteiger partial charge in [0.1, 0.15) is 5.75 Å². The lowest BCUT2D eigenvalue weighted by atomic mass is 10.1. The van der Waals surface area contributed by atoms with E-state index >= 15 is 0 Å². The van der Waals surface area contributed by atoms with E-state index in [-0.39, 0.29) is 10.6 Å². The first-order chi connectivity index (χ1) is 10.1. The van der Waals surface area contributed by atoms with E-state index in [1.54, 1.807) is 12.1 Å². The fraction of sp³-hybridized carbons (Fsp3) is 0.600. The maximum absolute atomic E-state index is 10.9. The van der Waals surface area contributed by atoms with Crippen LogP contribution in [-0.4, -0.2) is 43.1 Å². The van der Waals surface area contributed by atoms with Crippen molar-refractivity contribution in [2.45, 2.75) is 19.9 Å². The molecular formula is C15H23N3O3. The maximum atomic E-state index is 10.9. The van der Waals surface area contributed by atoms with Crippen LogP contribution in [0.4, 0.5) is 5.69 Å². The lowest BCUT2D eigenvalue weighted by Crippen LogP contribution is -2.25. The number of hydrogen-bond donors (Lipinski definition) is 1. The van der Waals surface area contributed by atoms with E-state index in [9.17, 15) is 10.1 Å². The summed E-state index contributed by atoms with van der Waals surface area (Å²) in [5, 5.41) is 14.3. The number of non-ortho nitro benzene ring substituents is 1. The Morgan fingerprint density at radius 1 is 1.52 bits per heavy atom. The Hall–Kier alpha value is -1.66. The summed E-state index contributed by atoms with van der Waals surface area (Å²) in [6.45, 7) is 6.24. The fourth-order valence-corrected chi connectivity index (χ4v) is 2.72. The van der Waals surface area contributed by atoms with Crippen molar-refractivity contribution in [1.82, 2.24) is 10.2 Å². The van der Waals surface area contributed by atoms with Gasteiger partial charge in [-0.05, 0) is 45.5 Å². The average molecular weight is 293 g/mol. The van der Waals surface area contributed by atoms with Crippen molar-refractivity contribution in [3.8, 4) is 5.75 Å². The summed E-state index contributed by atoms with van der Waals surface area (Å²) < 4.78 is 5.54. The number of hydrogen-bond acceptors (Lipinski definition) is 5. The van der Waals surface area contributed by atoms with Crippen molar-refractivity contribution in [2.75, 3.05) is 33.3 Å². The van der Waals surface area contributed by atoms with Crippen molar-refractivity contribution in [3.05, 3.63) is 33.9 Å². The van der Waals surface area contributed by atoms with E-state index < -0.39 is 0 Å². The SMILES string of the molecule is CCOc1ccc([N+](=O)[O-])cc1CNC[C@H]1CCN(C)C1. The van der Waals surface area contributed by atoms with Crippen molar-refractivity contribution in [2.24, 2.45) is 5.92 Å². The second kappa shape index (κ2) is 7.38. The Morgan fingerprint density at radius 2 is 2.33 bits per heavy atom. The van der Waals surface area contributed by atoms with Crippen LogP contribution in [-0.2, 0) is 6.54 Å². The van der Waals surface area contributed by atoms with Crippen molar-refractivity contribution in [1.29, 1.82) is 0 Å². The van der Waals surface area contributed by atoms with Crippen LogP contribution in [0.25, 0.3) is 0 Å². The van der Waals surface area contributed by atoms with Gasteiger partial charge in [-0.15, -0.1) is 0 Å². The van der Waals surface area contributed by atoms with Gasteiger partial charge < -0.3 is 15.0 Å². The monoisotopic (exact) mass is 293 g/mol. The van der Waals surface area contributed by atoms with Crippen LogP contribution in [0.1, 0.15) is 18.9 Å². The zero-order valence-corrected chi connectivity index (χ0v) is 12.7. The van der Waals surface area contributed by atoms with Crippen LogP contribution in [0.3, 0.4) is 0 Å². The zero-order chi connectivity index (χ0) is 15.2. The van der Waals surface area contributed by atoms with Gasteiger partial charge in [-0.3, -0.25) is 10.1 Å². The van der Waals surface area contributed by atoms with Crippen LogP contribution >= 0.6 is 0 Å². The fourth-order valence-electron chi connectivity index (χ4n) is 2.72. The van der Waals surface area contributed by atoms with Gasteiger partial charge in [-0.2, -0.15) is 0 Å². The Morgan fingerprint density at radius 3 is 2.95 bits per heavy atom. The Bertz CT molecular complexity index is 493. The van der Waals surface area contributed by atoms with Crippen LogP contribution in [0.15, 0.2) is 18.2 Å². The minimum absolute atomic E-state index is 0.107. The van der Waals surface area contributed by atoms with E-state index in [0.29, 0.717) is 19.1 Å². The van der Waals surface area contributed by atoms with Crippen molar-refractivity contribution < 1.29 is 9.66 Å². The number of nitro benzene ring substituents is 1. The molecule has 0 spiro atoms. The number of likely N-dealkylation sites (tertiary alicyclic amines) is 1. The first-order valence-electron chi connectivity index (χ1n) is 7.39. The molecule has 0 unspecified atom stereocenters. The second-order valence-corrected chi connectivity index (χ2v) is 5.53. The van der Waals surface area contributed by atoms with Gasteiger partial charge in [0, 0.05) is 30.8 Å². The highest BCUT2D eigenvalue weighted by Gasteiger charge is 2.19. The summed E-state index contributed by atoms with van der Waals surface area (Å²) in [5.41, 5.74) is 0.952. The third-order valence-corrected chi connectivity index (χ3v) is 3.79. The number of ether oxygens (including phenoxy) is 1. The minimum atomic E-state index is -0.370. The quantitative estimate of drug-likeness (QED) is 0.615. The van der Waals surface area contributed by atoms with Crippen LogP contribution in [0.2, 0.25) is 0 Å². The summed E-state index contributed by atoms with van der Waals surface area (Å²) in [4.78, 5) is 12.8. The van der Waals surface area contributed by atoms with Crippen LogP contribution in [0, 0.1) is 16.0 Å². The van der Waals surface area contributed by atoms with Gasteiger partial charge in [0.25, 0.3) is 5.69 Å². The predicted molar refractivity (Wildman–Crippen MR) is 81.6 cm³/mol. The number of nitro groups is 1. The second-order valence-electron chi connectivity index (χ2n) is 5.53. The number of nitrogens with zero attached hydrogens (tertiary/aromatic N) is 2. The van der Waals surface area contributed by atoms with Gasteiger partial charge >= 0.3 is 0 Å². The molecule has 0 aromatic heterocycles. The van der Waals surface area contributed by atoms with E-state index in [0.717, 1.165) is 30.9 Å². The molecule has 1 aromatic carbocycles. The summed E-state index contributed by atoms with van der Waals surface area (Å²) in [7, 11) is 2.13. The molecule has 1 aliphatic heterocycles. The van der Waals surface area contributed by atoms with E-state index in [1.807, 2.05) is 6.92 Å². The van der Waals surface area contributed by atoms with Crippen molar-refractivity contribution in [3.63, 3.8) is 0 Å². The molecule has 1 N–H and O–H groups in total. The molecule has 1 fully saturated rings. The molecular weight excluding hydrogens is 270 g/mol. The molecule has 21 heavy (non-hydrogen) atoms. The van der Waals surface area contributed by atoms with Gasteiger partial charge in [0.15, 0.2) is 0 Å². The average Bonchev–Trinajstić information content (AvgIpc) is 2.86. The molecule has 1 aromatic rings. The summed E-state index contributed by atoms with van der Waals surface area (Å²) in [6, 6.07) is 4.77. The van der Waals surface area contributed by atoms with E-state index in [2.05, 4.69) is 17.3 Å². The largest absolute Gasteiger partial charge is 0.494 e. The maximum Gasteiger partial charge on any atom is 0.270 e. The molecule has 1 aliphatic rings. The highest BCUT2D eigenvalue weighted by Crippen LogP contribution is 2.24. The van der Waals surface area contributed by atoms with Crippen molar-refractivity contribution >= 4 is 5.69 Å². The Balaban J connectivity index is 1.96. The molecule has 0 saturated carbocycles. The summed E-state index contributed by atoms with van der Waals surface area (Å²) in [5.74, 6) is 1.38. The topological polar surface area (TPSA) is 67.6 Å². The molecule has 1 atom stereocenters. The minimum Gasteiger partial charge on any atom is -0.494 e. The molecule has 6 heteroatoms. The highest BCUT2D eigenvalue weighted by atomic mass is 16.6. The molecule has 2 rings (SSSR count). The predicted octanol–water partition coefficient (Wildman–Crippen LogP) is 2.03. The molecule has 0 radical (unpaired) electrons. The Labute approximate surface area is 125 Å². The molecule has 0 bridgehead atoms. The number of rotatable bonds is 7. The van der Waals surface area contributed by atoms with Gasteiger partial charge in [0.2, 0.25) is 0 Å². The first kappa shape index (κ1) is 15.7. The van der Waals surface area contributed by atoms with E-state index in [4.69, 9.17) is 4.74 Å².